The van der Waals surface area contributed by atoms with Gasteiger partial charge < -0.3 is 60.5 Å². The summed E-state index contributed by atoms with van der Waals surface area (Å²) in [5.41, 5.74) is 1.39. The lowest BCUT2D eigenvalue weighted by molar-refractivity contribution is 0.0171. The summed E-state index contributed by atoms with van der Waals surface area (Å²) in [6, 6.07) is 26.3. The summed E-state index contributed by atoms with van der Waals surface area (Å²) in [7, 11) is 0. The van der Waals surface area contributed by atoms with Gasteiger partial charge in [-0.15, -0.1) is 0 Å². The van der Waals surface area contributed by atoms with Crippen LogP contribution in [0.4, 0.5) is 0 Å². The standard InChI is InChI=1S/C45H38O13/c46-24-7-1-21(2-8-24)37(38-35(54)20-34(53)31-19-36(55)42(57-45(31)38)22-3-9-25(47)10-4-22)39-40(41(56)29-15-13-27(49)17-32(29)51)43(23-5-11-26(48)12-6-23)58-44(39)30-16-14-28(50)18-33(30)52/h1-18,20,36-37,39-40,42-44,46-55H,19H2/t36-,37+,39-,40+,42-,43+,44-/m1/s1. The van der Waals surface area contributed by atoms with Crippen LogP contribution in [-0.4, -0.2) is 63.0 Å². The molecule has 0 radical (unpaired) electrons. The van der Waals surface area contributed by atoms with Crippen molar-refractivity contribution in [2.75, 3.05) is 0 Å². The lowest BCUT2D eigenvalue weighted by atomic mass is 9.67. The highest BCUT2D eigenvalue weighted by molar-refractivity contribution is 6.01. The molecule has 13 nitrogen and oxygen atoms in total. The van der Waals surface area contributed by atoms with Crippen LogP contribution in [0.15, 0.2) is 115 Å². The topological polar surface area (TPSA) is 238 Å². The van der Waals surface area contributed by atoms with Crippen molar-refractivity contribution in [2.45, 2.75) is 36.8 Å². The number of aromatic hydroxyl groups is 9. The van der Waals surface area contributed by atoms with Crippen molar-refractivity contribution in [3.63, 3.8) is 0 Å². The van der Waals surface area contributed by atoms with Gasteiger partial charge in [0.1, 0.15) is 63.6 Å². The molecule has 7 atom stereocenters. The summed E-state index contributed by atoms with van der Waals surface area (Å²) in [5, 5.41) is 108. The highest BCUT2D eigenvalue weighted by Gasteiger charge is 2.55. The molecule has 0 aromatic heterocycles. The number of aliphatic hydroxyl groups excluding tert-OH is 1. The Hall–Kier alpha value is -7.09. The molecule has 1 fully saturated rings. The third-order valence-electron chi connectivity index (χ3n) is 11.0. The van der Waals surface area contributed by atoms with Crippen LogP contribution in [0.5, 0.6) is 57.5 Å². The van der Waals surface area contributed by atoms with Crippen molar-refractivity contribution >= 4 is 5.78 Å². The molecule has 0 bridgehead atoms. The van der Waals surface area contributed by atoms with Gasteiger partial charge in [0, 0.05) is 53.1 Å². The van der Waals surface area contributed by atoms with Gasteiger partial charge >= 0.3 is 0 Å². The molecule has 8 rings (SSSR count). The van der Waals surface area contributed by atoms with E-state index in [0.29, 0.717) is 16.7 Å². The minimum atomic E-state index is -1.32. The van der Waals surface area contributed by atoms with Gasteiger partial charge in [-0.3, -0.25) is 4.79 Å². The molecule has 2 heterocycles. The number of ketones is 1. The van der Waals surface area contributed by atoms with Crippen LogP contribution >= 0.6 is 0 Å². The first-order valence-corrected chi connectivity index (χ1v) is 18.3. The van der Waals surface area contributed by atoms with Gasteiger partial charge in [0.2, 0.25) is 0 Å². The molecule has 6 aromatic rings. The Morgan fingerprint density at radius 1 is 0.552 bits per heavy atom. The van der Waals surface area contributed by atoms with E-state index in [-0.39, 0.29) is 68.9 Å². The smallest absolute Gasteiger partial charge is 0.173 e. The van der Waals surface area contributed by atoms with Crippen LogP contribution in [0.1, 0.15) is 68.0 Å². The molecule has 13 heteroatoms. The quantitative estimate of drug-likeness (QED) is 0.0713. The van der Waals surface area contributed by atoms with Crippen LogP contribution in [0.3, 0.4) is 0 Å². The van der Waals surface area contributed by atoms with Gasteiger partial charge in [-0.2, -0.15) is 0 Å². The van der Waals surface area contributed by atoms with E-state index in [9.17, 15) is 51.1 Å². The Kier molecular flexibility index (Phi) is 9.63. The largest absolute Gasteiger partial charge is 0.508 e. The second-order valence-electron chi connectivity index (χ2n) is 14.6. The van der Waals surface area contributed by atoms with E-state index in [1.54, 1.807) is 36.4 Å². The predicted octanol–water partition coefficient (Wildman–Crippen LogP) is 6.83. The van der Waals surface area contributed by atoms with Crippen molar-refractivity contribution in [1.82, 2.24) is 0 Å². The zero-order valence-electron chi connectivity index (χ0n) is 30.4. The summed E-state index contributed by atoms with van der Waals surface area (Å²) >= 11 is 0. The molecule has 58 heavy (non-hydrogen) atoms. The summed E-state index contributed by atoms with van der Waals surface area (Å²) < 4.78 is 13.4. The van der Waals surface area contributed by atoms with E-state index >= 15 is 4.79 Å². The zero-order chi connectivity index (χ0) is 41.0. The molecule has 296 valence electrons. The van der Waals surface area contributed by atoms with E-state index < -0.39 is 65.2 Å². The maximum absolute atomic E-state index is 15.2. The highest BCUT2D eigenvalue weighted by Crippen LogP contribution is 2.62. The third-order valence-corrected chi connectivity index (χ3v) is 11.0. The number of rotatable bonds is 8. The van der Waals surface area contributed by atoms with Crippen LogP contribution in [0.2, 0.25) is 0 Å². The maximum Gasteiger partial charge on any atom is 0.173 e. The number of phenols is 9. The molecular formula is C45H38O13. The number of aliphatic hydroxyl groups is 1. The van der Waals surface area contributed by atoms with Crippen LogP contribution in [0, 0.1) is 11.8 Å². The number of hydrogen-bond acceptors (Lipinski definition) is 13. The number of fused-ring (bicyclic) bond motifs is 1. The van der Waals surface area contributed by atoms with Gasteiger partial charge in [-0.25, -0.2) is 0 Å². The van der Waals surface area contributed by atoms with Crippen LogP contribution < -0.4 is 4.74 Å². The summed E-state index contributed by atoms with van der Waals surface area (Å²) in [4.78, 5) is 15.2. The van der Waals surface area contributed by atoms with Crippen molar-refractivity contribution in [1.29, 1.82) is 0 Å². The van der Waals surface area contributed by atoms with Crippen LogP contribution in [-0.2, 0) is 11.2 Å². The van der Waals surface area contributed by atoms with E-state index in [1.165, 1.54) is 60.7 Å². The molecule has 0 unspecified atom stereocenters. The SMILES string of the molecule is O=C(c1ccc(O)cc1O)[C@@H]1[C@@H]([C@@H](c2ccc(O)cc2)c2c(O)cc(O)c3c2O[C@H](c2ccc(O)cc2)[C@H](O)C3)[C@@H](c2ccc(O)cc2O)O[C@H]1c1ccc(O)cc1. The first-order valence-electron chi connectivity index (χ1n) is 18.3. The number of phenolic OH excluding ortho intramolecular Hbond substituents is 9. The fourth-order valence-electron chi connectivity index (χ4n) is 8.39. The number of carbonyl (C=O) groups excluding carboxylic acids is 1. The van der Waals surface area contributed by atoms with Gasteiger partial charge in [-0.05, 0) is 77.4 Å². The fourth-order valence-corrected chi connectivity index (χ4v) is 8.39. The van der Waals surface area contributed by atoms with Crippen molar-refractivity contribution < 1.29 is 65.3 Å². The third kappa shape index (κ3) is 6.76. The van der Waals surface area contributed by atoms with Gasteiger partial charge in [0.25, 0.3) is 0 Å². The number of benzene rings is 6. The molecular weight excluding hydrogens is 748 g/mol. The molecule has 10 N–H and O–H groups in total. The van der Waals surface area contributed by atoms with Crippen molar-refractivity contribution in [3.8, 4) is 57.5 Å². The molecule has 1 saturated heterocycles. The summed E-state index contributed by atoms with van der Waals surface area (Å²) in [5.74, 6) is -6.95. The lowest BCUT2D eigenvalue weighted by Crippen LogP contribution is -2.34. The predicted molar refractivity (Wildman–Crippen MR) is 206 cm³/mol. The molecule has 0 saturated carbocycles. The molecule has 2 aliphatic heterocycles. The monoisotopic (exact) mass is 786 g/mol. The molecule has 0 aliphatic carbocycles. The Morgan fingerprint density at radius 2 is 1.09 bits per heavy atom. The molecule has 2 aliphatic rings. The Bertz CT molecular complexity index is 2500. The van der Waals surface area contributed by atoms with E-state index in [1.807, 2.05) is 0 Å². The molecule has 0 spiro atoms. The van der Waals surface area contributed by atoms with E-state index in [4.69, 9.17) is 9.47 Å². The molecule has 0 amide bonds. The van der Waals surface area contributed by atoms with E-state index in [2.05, 4.69) is 0 Å². The maximum atomic E-state index is 15.2. The first kappa shape index (κ1) is 37.8. The number of ether oxygens (including phenoxy) is 2. The summed E-state index contributed by atoms with van der Waals surface area (Å²) in [6.07, 6.45) is -4.84. The first-order chi connectivity index (χ1) is 27.8. The number of hydrogen-bond donors (Lipinski definition) is 10. The second-order valence-corrected chi connectivity index (χ2v) is 14.6. The minimum Gasteiger partial charge on any atom is -0.508 e. The Balaban J connectivity index is 1.43. The van der Waals surface area contributed by atoms with Gasteiger partial charge in [0.05, 0.1) is 29.8 Å². The minimum absolute atomic E-state index is 0.0267. The van der Waals surface area contributed by atoms with Crippen molar-refractivity contribution in [3.05, 3.63) is 154 Å². The van der Waals surface area contributed by atoms with E-state index in [0.717, 1.165) is 18.2 Å². The highest BCUT2D eigenvalue weighted by atomic mass is 16.5. The average Bonchev–Trinajstić information content (AvgIpc) is 3.57. The lowest BCUT2D eigenvalue weighted by Gasteiger charge is -2.38. The Morgan fingerprint density at radius 3 is 1.67 bits per heavy atom. The average molecular weight is 787 g/mol. The Labute approximate surface area is 330 Å². The number of carbonyl (C=O) groups is 1. The fraction of sp³-hybridized carbons (Fsp3) is 0.178. The molecule has 6 aromatic carbocycles. The normalized spacial score (nSPS) is 21.8. The summed E-state index contributed by atoms with van der Waals surface area (Å²) in [6.45, 7) is 0. The van der Waals surface area contributed by atoms with Gasteiger partial charge in [-0.1, -0.05) is 36.4 Å². The van der Waals surface area contributed by atoms with Crippen LogP contribution in [0.25, 0.3) is 0 Å². The van der Waals surface area contributed by atoms with Gasteiger partial charge in [0.15, 0.2) is 5.78 Å². The second kappa shape index (κ2) is 14.8. The zero-order valence-corrected chi connectivity index (χ0v) is 30.4. The van der Waals surface area contributed by atoms with Crippen molar-refractivity contribution in [2.24, 2.45) is 11.8 Å². The number of Topliss-reactive ketones (excluding diaryl/α,β-unsaturated/α-hetero) is 1.